The molecule has 0 saturated carbocycles. The molecule has 1 amide bonds. The average Bonchev–Trinajstić information content (AvgIpc) is 1.85. The van der Waals surface area contributed by atoms with Gasteiger partial charge in [-0.1, -0.05) is 13.8 Å². The maximum atomic E-state index is 10.9. The largest absolute Gasteiger partial charge is 0.380 e. The van der Waals surface area contributed by atoms with Crippen molar-refractivity contribution < 1.29 is 4.79 Å². The Morgan fingerprint density at radius 2 is 1.75 bits per heavy atom. The van der Waals surface area contributed by atoms with Crippen molar-refractivity contribution in [2.75, 3.05) is 14.1 Å². The van der Waals surface area contributed by atoms with Gasteiger partial charge in [-0.25, -0.2) is 0 Å². The first kappa shape index (κ1) is 11.0. The van der Waals surface area contributed by atoms with Crippen LogP contribution in [0, 0.1) is 5.92 Å². The van der Waals surface area contributed by atoms with E-state index in [-0.39, 0.29) is 5.91 Å². The Morgan fingerprint density at radius 3 is 1.83 bits per heavy atom. The first-order valence-corrected chi connectivity index (χ1v) is 4.05. The highest BCUT2D eigenvalue weighted by Gasteiger charge is 2.12. The number of allylic oxidation sites excluding steroid dienone is 1. The molecule has 0 radical (unpaired) electrons. The number of carbonyl (C=O) groups excluding carboxylic acids is 1. The molecule has 0 aliphatic carbocycles. The molecule has 0 aliphatic heterocycles. The standard InChI is InChI=1S/C9H18N2O/c1-6(2)8(11(4)5)7(3)9(10)12/h6H,1-5H3,(H2,10,12)/b8-7+. The van der Waals surface area contributed by atoms with E-state index >= 15 is 0 Å². The highest BCUT2D eigenvalue weighted by atomic mass is 16.1. The van der Waals surface area contributed by atoms with Gasteiger partial charge in [0.25, 0.3) is 0 Å². The van der Waals surface area contributed by atoms with Crippen LogP contribution in [0.3, 0.4) is 0 Å². The van der Waals surface area contributed by atoms with Gasteiger partial charge < -0.3 is 10.6 Å². The molecule has 0 aromatic heterocycles. The lowest BCUT2D eigenvalue weighted by Gasteiger charge is -2.22. The minimum atomic E-state index is -0.340. The van der Waals surface area contributed by atoms with Gasteiger partial charge in [-0.2, -0.15) is 0 Å². The minimum Gasteiger partial charge on any atom is -0.380 e. The van der Waals surface area contributed by atoms with Crippen LogP contribution in [0.25, 0.3) is 0 Å². The van der Waals surface area contributed by atoms with E-state index in [2.05, 4.69) is 0 Å². The third-order valence-corrected chi connectivity index (χ3v) is 1.78. The Balaban J connectivity index is 4.94. The van der Waals surface area contributed by atoms with Crippen LogP contribution in [0.1, 0.15) is 20.8 Å². The third kappa shape index (κ3) is 2.57. The first-order valence-electron chi connectivity index (χ1n) is 4.05. The second kappa shape index (κ2) is 4.14. The van der Waals surface area contributed by atoms with Crippen molar-refractivity contribution in [3.05, 3.63) is 11.3 Å². The van der Waals surface area contributed by atoms with Crippen molar-refractivity contribution in [1.82, 2.24) is 4.90 Å². The number of nitrogens with two attached hydrogens (primary N) is 1. The fraction of sp³-hybridized carbons (Fsp3) is 0.667. The second-order valence-corrected chi connectivity index (χ2v) is 3.42. The molecule has 0 saturated heterocycles. The van der Waals surface area contributed by atoms with Crippen LogP contribution < -0.4 is 5.73 Å². The predicted octanol–water partition coefficient (Wildman–Crippen LogP) is 0.963. The Kier molecular flexibility index (Phi) is 3.80. The molecule has 0 aromatic carbocycles. The summed E-state index contributed by atoms with van der Waals surface area (Å²) in [4.78, 5) is 12.8. The number of amides is 1. The van der Waals surface area contributed by atoms with Gasteiger partial charge >= 0.3 is 0 Å². The maximum absolute atomic E-state index is 10.9. The molecule has 0 fully saturated rings. The van der Waals surface area contributed by atoms with Crippen LogP contribution in [0.5, 0.6) is 0 Å². The van der Waals surface area contributed by atoms with Crippen LogP contribution in [-0.4, -0.2) is 24.9 Å². The zero-order chi connectivity index (χ0) is 9.89. The highest BCUT2D eigenvalue weighted by Crippen LogP contribution is 2.16. The Morgan fingerprint density at radius 1 is 1.33 bits per heavy atom. The molecule has 0 heterocycles. The van der Waals surface area contributed by atoms with Crippen LogP contribution in [0.2, 0.25) is 0 Å². The van der Waals surface area contributed by atoms with E-state index in [1.54, 1.807) is 6.92 Å². The molecule has 0 rings (SSSR count). The van der Waals surface area contributed by atoms with Gasteiger partial charge in [0.05, 0.1) is 0 Å². The Labute approximate surface area is 74.2 Å². The van der Waals surface area contributed by atoms with Crippen LogP contribution in [-0.2, 0) is 4.79 Å². The lowest BCUT2D eigenvalue weighted by atomic mass is 10.0. The molecule has 0 aliphatic rings. The molecule has 12 heavy (non-hydrogen) atoms. The molecule has 70 valence electrons. The summed E-state index contributed by atoms with van der Waals surface area (Å²) in [6.45, 7) is 5.85. The summed E-state index contributed by atoms with van der Waals surface area (Å²) in [7, 11) is 3.84. The SMILES string of the molecule is C/C(C(N)=O)=C(/C(C)C)N(C)C. The molecule has 2 N–H and O–H groups in total. The zero-order valence-corrected chi connectivity index (χ0v) is 8.51. The molecule has 0 bridgehead atoms. The smallest absolute Gasteiger partial charge is 0.246 e. The lowest BCUT2D eigenvalue weighted by molar-refractivity contribution is -0.114. The fourth-order valence-corrected chi connectivity index (χ4v) is 1.41. The normalized spacial score (nSPS) is 12.8. The molecule has 0 aromatic rings. The van der Waals surface area contributed by atoms with Gasteiger partial charge in [0.15, 0.2) is 0 Å². The summed E-state index contributed by atoms with van der Waals surface area (Å²) in [6.07, 6.45) is 0. The molecular weight excluding hydrogens is 152 g/mol. The first-order chi connectivity index (χ1) is 5.37. The molecule has 0 atom stereocenters. The molecular formula is C9H18N2O. The van der Waals surface area contributed by atoms with Crippen LogP contribution in [0.15, 0.2) is 11.3 Å². The van der Waals surface area contributed by atoms with Gasteiger partial charge in [-0.05, 0) is 12.8 Å². The highest BCUT2D eigenvalue weighted by molar-refractivity contribution is 5.92. The van der Waals surface area contributed by atoms with Gasteiger partial charge in [-0.3, -0.25) is 4.79 Å². The predicted molar refractivity (Wildman–Crippen MR) is 50.4 cm³/mol. The van der Waals surface area contributed by atoms with Crippen molar-refractivity contribution in [3.8, 4) is 0 Å². The summed E-state index contributed by atoms with van der Waals surface area (Å²) in [6, 6.07) is 0. The van der Waals surface area contributed by atoms with E-state index in [4.69, 9.17) is 5.73 Å². The maximum Gasteiger partial charge on any atom is 0.246 e. The number of rotatable bonds is 3. The summed E-state index contributed by atoms with van der Waals surface area (Å²) >= 11 is 0. The molecule has 3 nitrogen and oxygen atoms in total. The number of hydrogen-bond acceptors (Lipinski definition) is 2. The lowest BCUT2D eigenvalue weighted by Crippen LogP contribution is -2.23. The van der Waals surface area contributed by atoms with Crippen molar-refractivity contribution in [2.45, 2.75) is 20.8 Å². The van der Waals surface area contributed by atoms with Crippen LogP contribution >= 0.6 is 0 Å². The van der Waals surface area contributed by atoms with Gasteiger partial charge in [-0.15, -0.1) is 0 Å². The van der Waals surface area contributed by atoms with E-state index in [0.29, 0.717) is 11.5 Å². The summed E-state index contributed by atoms with van der Waals surface area (Å²) in [5.41, 5.74) is 6.84. The van der Waals surface area contributed by atoms with Gasteiger partial charge in [0, 0.05) is 25.4 Å². The topological polar surface area (TPSA) is 46.3 Å². The number of carbonyl (C=O) groups is 1. The monoisotopic (exact) mass is 170 g/mol. The summed E-state index contributed by atoms with van der Waals surface area (Å²) in [5, 5.41) is 0. The van der Waals surface area contributed by atoms with Gasteiger partial charge in [0.2, 0.25) is 5.91 Å². The fourth-order valence-electron chi connectivity index (χ4n) is 1.41. The van der Waals surface area contributed by atoms with E-state index in [1.165, 1.54) is 0 Å². The summed E-state index contributed by atoms with van der Waals surface area (Å²) < 4.78 is 0. The zero-order valence-electron chi connectivity index (χ0n) is 8.51. The van der Waals surface area contributed by atoms with E-state index in [9.17, 15) is 4.79 Å². The van der Waals surface area contributed by atoms with Crippen LogP contribution in [0.4, 0.5) is 0 Å². The minimum absolute atomic E-state index is 0.326. The molecule has 0 spiro atoms. The summed E-state index contributed by atoms with van der Waals surface area (Å²) in [5.74, 6) is -0.0140. The van der Waals surface area contributed by atoms with Gasteiger partial charge in [0.1, 0.15) is 0 Å². The molecule has 3 heteroatoms. The van der Waals surface area contributed by atoms with Crippen molar-refractivity contribution in [2.24, 2.45) is 11.7 Å². The van der Waals surface area contributed by atoms with Crippen molar-refractivity contribution in [3.63, 3.8) is 0 Å². The average molecular weight is 170 g/mol. The van der Waals surface area contributed by atoms with Crippen molar-refractivity contribution in [1.29, 1.82) is 0 Å². The van der Waals surface area contributed by atoms with E-state index < -0.39 is 0 Å². The Bertz CT molecular complexity index is 195. The number of hydrogen-bond donors (Lipinski definition) is 1. The molecule has 0 unspecified atom stereocenters. The van der Waals surface area contributed by atoms with E-state index in [0.717, 1.165) is 5.70 Å². The number of nitrogens with zero attached hydrogens (tertiary/aromatic N) is 1. The Hall–Kier alpha value is -0.990. The quantitative estimate of drug-likeness (QED) is 0.641. The third-order valence-electron chi connectivity index (χ3n) is 1.78. The number of primary amides is 1. The second-order valence-electron chi connectivity index (χ2n) is 3.42. The van der Waals surface area contributed by atoms with E-state index in [1.807, 2.05) is 32.8 Å². The van der Waals surface area contributed by atoms with Crippen molar-refractivity contribution >= 4 is 5.91 Å².